The van der Waals surface area contributed by atoms with Gasteiger partial charge in [-0.1, -0.05) is 19.4 Å². The first-order valence-corrected chi connectivity index (χ1v) is 12.3. The van der Waals surface area contributed by atoms with Crippen LogP contribution >= 0.6 is 0 Å². The third-order valence-electron chi connectivity index (χ3n) is 6.04. The number of nitrogens with one attached hydrogen (secondary N) is 4. The second-order valence-corrected chi connectivity index (χ2v) is 8.72. The van der Waals surface area contributed by atoms with Crippen LogP contribution in [0.1, 0.15) is 39.0 Å². The van der Waals surface area contributed by atoms with E-state index in [1.54, 1.807) is 0 Å². The zero-order chi connectivity index (χ0) is 25.0. The Morgan fingerprint density at radius 1 is 1.29 bits per heavy atom. The van der Waals surface area contributed by atoms with Gasteiger partial charge in [0, 0.05) is 50.0 Å². The molecule has 2 aliphatic heterocycles. The zero-order valence-electron chi connectivity index (χ0n) is 20.2. The quantitative estimate of drug-likeness (QED) is 0.313. The number of aliphatic imine (C=N–C) groups is 1. The highest BCUT2D eigenvalue weighted by Crippen LogP contribution is 2.25. The number of carboxylic acid groups (broad SMARTS) is 1. The molecule has 0 saturated carbocycles. The number of unbranched alkanes of at least 4 members (excludes halogenated alkanes) is 1. The number of piperidine rings is 1. The summed E-state index contributed by atoms with van der Waals surface area (Å²) in [5, 5.41) is 20.9. The molecule has 0 unspecified atom stereocenters. The molecule has 192 valence electrons. The number of alkyl carbamates (subject to hydrolysis) is 1. The summed E-state index contributed by atoms with van der Waals surface area (Å²) in [4.78, 5) is 42.5. The standard InChI is InChI=1S/C24H36N6O5/c1-2-3-14-35-24(34)29-20(22(32)33)16-27-21(31)17-8-12-30(13-9-17)19-7-4-6-18(15-19)28-23-25-10-5-11-26-23/h4,6-7,15,17,20H,2-3,5,8-14,16H2,1H3,(H,27,31)(H,29,34)(H,32,33)(H2,25,26,28)/t20-/m0/s1. The Morgan fingerprint density at radius 2 is 2.09 bits per heavy atom. The third-order valence-corrected chi connectivity index (χ3v) is 6.04. The third kappa shape index (κ3) is 8.34. The molecule has 0 radical (unpaired) electrons. The van der Waals surface area contributed by atoms with Crippen LogP contribution in [0.25, 0.3) is 0 Å². The van der Waals surface area contributed by atoms with Crippen molar-refractivity contribution in [3.8, 4) is 0 Å². The van der Waals surface area contributed by atoms with E-state index in [1.807, 2.05) is 25.1 Å². The highest BCUT2D eigenvalue weighted by atomic mass is 16.5. The monoisotopic (exact) mass is 488 g/mol. The highest BCUT2D eigenvalue weighted by Gasteiger charge is 2.27. The number of carbonyl (C=O) groups is 3. The largest absolute Gasteiger partial charge is 0.480 e. The SMILES string of the molecule is CCCCOC(=O)N[C@@H](CNC(=O)C1CCN(c2cccc(NC3=NCCCN3)c2)CC1)C(=O)O. The summed E-state index contributed by atoms with van der Waals surface area (Å²) in [6, 6.07) is 6.86. The van der Waals surface area contributed by atoms with Crippen molar-refractivity contribution in [3.05, 3.63) is 24.3 Å². The Balaban J connectivity index is 1.44. The molecule has 0 spiro atoms. The molecule has 0 aliphatic carbocycles. The van der Waals surface area contributed by atoms with Gasteiger partial charge in [0.2, 0.25) is 5.91 Å². The van der Waals surface area contributed by atoms with E-state index >= 15 is 0 Å². The minimum atomic E-state index is -1.24. The van der Waals surface area contributed by atoms with Crippen LogP contribution in [-0.4, -0.2) is 74.4 Å². The number of nitrogens with zero attached hydrogens (tertiary/aromatic N) is 2. The molecular formula is C24H36N6O5. The predicted octanol–water partition coefficient (Wildman–Crippen LogP) is 1.76. The Labute approximate surface area is 205 Å². The molecule has 11 heteroatoms. The first-order chi connectivity index (χ1) is 17.0. The number of aliphatic carboxylic acids is 1. The van der Waals surface area contributed by atoms with Crippen LogP contribution in [0.5, 0.6) is 0 Å². The number of rotatable bonds is 10. The number of amides is 2. The minimum absolute atomic E-state index is 0.192. The smallest absolute Gasteiger partial charge is 0.407 e. The van der Waals surface area contributed by atoms with Crippen LogP contribution < -0.4 is 26.2 Å². The van der Waals surface area contributed by atoms with Crippen LogP contribution in [0.15, 0.2) is 29.3 Å². The molecule has 5 N–H and O–H groups in total. The van der Waals surface area contributed by atoms with Gasteiger partial charge in [0.25, 0.3) is 0 Å². The zero-order valence-corrected chi connectivity index (χ0v) is 20.2. The molecule has 0 bridgehead atoms. The van der Waals surface area contributed by atoms with Crippen LogP contribution in [0.4, 0.5) is 16.2 Å². The number of benzene rings is 1. The van der Waals surface area contributed by atoms with E-state index in [2.05, 4.69) is 37.2 Å². The van der Waals surface area contributed by atoms with Gasteiger partial charge in [-0.3, -0.25) is 9.79 Å². The highest BCUT2D eigenvalue weighted by molar-refractivity contribution is 5.94. The second-order valence-electron chi connectivity index (χ2n) is 8.72. The van der Waals surface area contributed by atoms with Gasteiger partial charge in [-0.25, -0.2) is 9.59 Å². The van der Waals surface area contributed by atoms with Crippen molar-refractivity contribution in [2.45, 2.75) is 45.1 Å². The van der Waals surface area contributed by atoms with Crippen molar-refractivity contribution in [2.75, 3.05) is 49.5 Å². The normalized spacial score (nSPS) is 16.9. The molecule has 1 saturated heterocycles. The van der Waals surface area contributed by atoms with Gasteiger partial charge in [0.1, 0.15) is 6.04 Å². The van der Waals surface area contributed by atoms with Crippen molar-refractivity contribution in [2.24, 2.45) is 10.9 Å². The molecule has 1 aromatic carbocycles. The van der Waals surface area contributed by atoms with Gasteiger partial charge in [0.05, 0.1) is 6.61 Å². The van der Waals surface area contributed by atoms with Crippen molar-refractivity contribution in [3.63, 3.8) is 0 Å². The van der Waals surface area contributed by atoms with Crippen molar-refractivity contribution >= 4 is 35.3 Å². The Morgan fingerprint density at radius 3 is 2.77 bits per heavy atom. The van der Waals surface area contributed by atoms with Gasteiger partial charge in [-0.15, -0.1) is 0 Å². The van der Waals surface area contributed by atoms with Crippen LogP contribution in [0, 0.1) is 5.92 Å². The maximum atomic E-state index is 12.6. The average Bonchev–Trinajstić information content (AvgIpc) is 2.87. The van der Waals surface area contributed by atoms with E-state index in [4.69, 9.17) is 4.74 Å². The summed E-state index contributed by atoms with van der Waals surface area (Å²) < 4.78 is 4.94. The van der Waals surface area contributed by atoms with Crippen molar-refractivity contribution in [1.29, 1.82) is 0 Å². The first-order valence-electron chi connectivity index (χ1n) is 12.3. The fourth-order valence-corrected chi connectivity index (χ4v) is 3.97. The fraction of sp³-hybridized carbons (Fsp3) is 0.583. The maximum absolute atomic E-state index is 12.6. The summed E-state index contributed by atoms with van der Waals surface area (Å²) in [6.07, 6.45) is 3.11. The van der Waals surface area contributed by atoms with Crippen molar-refractivity contribution < 1.29 is 24.2 Å². The molecule has 3 rings (SSSR count). The van der Waals surface area contributed by atoms with Crippen LogP contribution in [0.2, 0.25) is 0 Å². The number of hydrogen-bond acceptors (Lipinski definition) is 8. The molecule has 11 nitrogen and oxygen atoms in total. The van der Waals surface area contributed by atoms with E-state index in [1.165, 1.54) is 0 Å². The van der Waals surface area contributed by atoms with E-state index < -0.39 is 18.1 Å². The Hall–Kier alpha value is -3.50. The molecule has 2 heterocycles. The van der Waals surface area contributed by atoms with Gasteiger partial charge in [0.15, 0.2) is 5.96 Å². The number of hydrogen-bond donors (Lipinski definition) is 5. The van der Waals surface area contributed by atoms with Crippen molar-refractivity contribution in [1.82, 2.24) is 16.0 Å². The molecule has 2 amide bonds. The van der Waals surface area contributed by atoms with E-state index in [9.17, 15) is 19.5 Å². The lowest BCUT2D eigenvalue weighted by atomic mass is 9.95. The number of anilines is 2. The number of carbonyl (C=O) groups excluding carboxylic acids is 2. The lowest BCUT2D eigenvalue weighted by molar-refractivity contribution is -0.139. The van der Waals surface area contributed by atoms with Crippen LogP contribution in [-0.2, 0) is 14.3 Å². The molecule has 1 aromatic rings. The average molecular weight is 489 g/mol. The summed E-state index contributed by atoms with van der Waals surface area (Å²) in [5.74, 6) is -0.851. The summed E-state index contributed by atoms with van der Waals surface area (Å²) >= 11 is 0. The summed E-state index contributed by atoms with van der Waals surface area (Å²) in [7, 11) is 0. The Bertz CT molecular complexity index is 900. The summed E-state index contributed by atoms with van der Waals surface area (Å²) in [6.45, 7) is 5.15. The lowest BCUT2D eigenvalue weighted by Crippen LogP contribution is -2.50. The van der Waals surface area contributed by atoms with Gasteiger partial charge < -0.3 is 36.0 Å². The van der Waals surface area contributed by atoms with Crippen LogP contribution in [0.3, 0.4) is 0 Å². The molecule has 1 fully saturated rings. The van der Waals surface area contributed by atoms with Gasteiger partial charge in [-0.2, -0.15) is 0 Å². The second kappa shape index (κ2) is 13.4. The first kappa shape index (κ1) is 26.1. The summed E-state index contributed by atoms with van der Waals surface area (Å²) in [5.41, 5.74) is 2.03. The number of guanidine groups is 1. The molecule has 2 aliphatic rings. The minimum Gasteiger partial charge on any atom is -0.480 e. The Kier molecular flexibility index (Phi) is 10.00. The molecular weight excluding hydrogens is 452 g/mol. The van der Waals surface area contributed by atoms with E-state index in [0.717, 1.165) is 43.3 Å². The lowest BCUT2D eigenvalue weighted by Gasteiger charge is -2.33. The molecule has 35 heavy (non-hydrogen) atoms. The van der Waals surface area contributed by atoms with Gasteiger partial charge in [-0.05, 0) is 43.9 Å². The fourth-order valence-electron chi connectivity index (χ4n) is 3.97. The number of ether oxygens (including phenoxy) is 1. The molecule has 1 atom stereocenters. The van der Waals surface area contributed by atoms with E-state index in [0.29, 0.717) is 32.4 Å². The topological polar surface area (TPSA) is 144 Å². The van der Waals surface area contributed by atoms with E-state index in [-0.39, 0.29) is 25.0 Å². The maximum Gasteiger partial charge on any atom is 0.407 e. The predicted molar refractivity (Wildman–Crippen MR) is 134 cm³/mol. The van der Waals surface area contributed by atoms with Gasteiger partial charge >= 0.3 is 12.1 Å². The number of carboxylic acids is 1. The molecule has 0 aromatic heterocycles.